The second-order valence-corrected chi connectivity index (χ2v) is 6.67. The predicted molar refractivity (Wildman–Crippen MR) is 93.4 cm³/mol. The number of aliphatic hydroxyl groups excluding tert-OH is 4. The summed E-state index contributed by atoms with van der Waals surface area (Å²) in [5.74, 6) is -4.39. The van der Waals surface area contributed by atoms with Crippen molar-refractivity contribution in [2.45, 2.75) is 56.2 Å². The number of hydrogen-bond acceptors (Lipinski definition) is 9. The zero-order chi connectivity index (χ0) is 20.9. The average molecular weight is 399 g/mol. The Morgan fingerprint density at radius 1 is 1.32 bits per heavy atom. The number of benzene rings is 1. The second-order valence-electron chi connectivity index (χ2n) is 6.67. The number of hydrogen-bond donors (Lipinski definition) is 6. The number of amides is 1. The molecule has 1 aromatic rings. The van der Waals surface area contributed by atoms with E-state index >= 15 is 0 Å². The van der Waals surface area contributed by atoms with E-state index in [-0.39, 0.29) is 6.61 Å². The highest BCUT2D eigenvalue weighted by Gasteiger charge is 2.54. The molecule has 2 rings (SSSR count). The van der Waals surface area contributed by atoms with E-state index in [9.17, 15) is 30.0 Å². The van der Waals surface area contributed by atoms with E-state index < -0.39 is 61.1 Å². The Morgan fingerprint density at radius 3 is 2.54 bits per heavy atom. The SMILES string of the molecule is CC(=O)N[C@H]1C([C@H](O)[C@H](O)CO)O[C@](O)(C(=O)OCc2ccccc2)C[C@@H]1O. The summed E-state index contributed by atoms with van der Waals surface area (Å²) < 4.78 is 10.3. The molecule has 1 amide bonds. The van der Waals surface area contributed by atoms with Crippen LogP contribution in [0.15, 0.2) is 30.3 Å². The standard InChI is InChI=1S/C18H25NO9/c1-10(21)19-14-12(22)7-18(26,28-16(14)15(24)13(23)8-20)17(25)27-9-11-5-3-2-4-6-11/h2-6,12-16,20,22-24,26H,7-9H2,1H3,(H,19,21)/t12-,13+,14+,15+,16?,18-/m0/s1. The topological polar surface area (TPSA) is 166 Å². The maximum atomic E-state index is 12.4. The summed E-state index contributed by atoms with van der Waals surface area (Å²) in [5, 5.41) is 52.2. The molecule has 0 bridgehead atoms. The number of esters is 1. The van der Waals surface area contributed by atoms with Crippen molar-refractivity contribution in [3.63, 3.8) is 0 Å². The molecule has 1 aliphatic rings. The van der Waals surface area contributed by atoms with Crippen molar-refractivity contribution in [1.82, 2.24) is 5.32 Å². The molecule has 28 heavy (non-hydrogen) atoms. The summed E-state index contributed by atoms with van der Waals surface area (Å²) in [6, 6.07) is 7.41. The first-order chi connectivity index (χ1) is 13.2. The third kappa shape index (κ3) is 5.25. The number of aliphatic hydroxyl groups is 5. The zero-order valence-corrected chi connectivity index (χ0v) is 15.3. The Labute approximate surface area is 161 Å². The van der Waals surface area contributed by atoms with Crippen LogP contribution in [0.3, 0.4) is 0 Å². The first kappa shape index (κ1) is 22.2. The molecule has 0 aromatic heterocycles. The lowest BCUT2D eigenvalue weighted by Crippen LogP contribution is -2.67. The summed E-state index contributed by atoms with van der Waals surface area (Å²) in [7, 11) is 0. The van der Waals surface area contributed by atoms with Crippen LogP contribution in [0.25, 0.3) is 0 Å². The molecule has 1 aromatic carbocycles. The fourth-order valence-electron chi connectivity index (χ4n) is 2.97. The van der Waals surface area contributed by atoms with Crippen LogP contribution in [0.1, 0.15) is 18.9 Å². The quantitative estimate of drug-likeness (QED) is 0.279. The lowest BCUT2D eigenvalue weighted by Gasteiger charge is -2.45. The number of ether oxygens (including phenoxy) is 2. The Morgan fingerprint density at radius 2 is 1.96 bits per heavy atom. The van der Waals surface area contributed by atoms with E-state index in [1.807, 2.05) is 0 Å². The monoisotopic (exact) mass is 399 g/mol. The molecule has 1 unspecified atom stereocenters. The van der Waals surface area contributed by atoms with Gasteiger partial charge in [-0.1, -0.05) is 30.3 Å². The Hall–Kier alpha value is -2.08. The van der Waals surface area contributed by atoms with Gasteiger partial charge in [0, 0.05) is 13.3 Å². The Balaban J connectivity index is 2.17. The van der Waals surface area contributed by atoms with Gasteiger partial charge in [-0.15, -0.1) is 0 Å². The van der Waals surface area contributed by atoms with Gasteiger partial charge in [0.25, 0.3) is 5.79 Å². The minimum absolute atomic E-state index is 0.164. The van der Waals surface area contributed by atoms with E-state index in [1.165, 1.54) is 0 Å². The van der Waals surface area contributed by atoms with Crippen molar-refractivity contribution in [2.24, 2.45) is 0 Å². The second kappa shape index (κ2) is 9.41. The van der Waals surface area contributed by atoms with Crippen LogP contribution < -0.4 is 5.32 Å². The number of nitrogens with one attached hydrogen (secondary N) is 1. The van der Waals surface area contributed by atoms with E-state index in [0.717, 1.165) is 6.92 Å². The van der Waals surface area contributed by atoms with Gasteiger partial charge in [-0.25, -0.2) is 4.79 Å². The van der Waals surface area contributed by atoms with Crippen LogP contribution in [0, 0.1) is 0 Å². The average Bonchev–Trinajstić information content (AvgIpc) is 2.67. The number of carbonyl (C=O) groups is 2. The van der Waals surface area contributed by atoms with Gasteiger partial charge in [-0.2, -0.15) is 0 Å². The summed E-state index contributed by atoms with van der Waals surface area (Å²) in [5.41, 5.74) is 0.652. The number of rotatable bonds is 7. The Bertz CT molecular complexity index is 670. The van der Waals surface area contributed by atoms with Gasteiger partial charge >= 0.3 is 5.97 Å². The minimum Gasteiger partial charge on any atom is -0.457 e. The van der Waals surface area contributed by atoms with Crippen molar-refractivity contribution in [3.05, 3.63) is 35.9 Å². The van der Waals surface area contributed by atoms with Crippen LogP contribution in [0.2, 0.25) is 0 Å². The smallest absolute Gasteiger partial charge is 0.367 e. The molecule has 1 saturated heterocycles. The highest BCUT2D eigenvalue weighted by atomic mass is 16.7. The molecule has 6 atom stereocenters. The van der Waals surface area contributed by atoms with E-state index in [1.54, 1.807) is 30.3 Å². The van der Waals surface area contributed by atoms with Gasteiger partial charge in [0.15, 0.2) is 0 Å². The van der Waals surface area contributed by atoms with Crippen LogP contribution in [-0.4, -0.2) is 80.3 Å². The lowest BCUT2D eigenvalue weighted by atomic mass is 9.88. The molecular weight excluding hydrogens is 374 g/mol. The van der Waals surface area contributed by atoms with Gasteiger partial charge in [-0.05, 0) is 5.56 Å². The molecule has 10 heteroatoms. The van der Waals surface area contributed by atoms with Crippen molar-refractivity contribution in [1.29, 1.82) is 0 Å². The molecule has 1 heterocycles. The van der Waals surface area contributed by atoms with Gasteiger partial charge in [0.1, 0.15) is 24.9 Å². The fraction of sp³-hybridized carbons (Fsp3) is 0.556. The highest BCUT2D eigenvalue weighted by molar-refractivity contribution is 5.78. The normalized spacial score (nSPS) is 29.6. The molecular formula is C18H25NO9. The van der Waals surface area contributed by atoms with Gasteiger partial charge in [0.05, 0.1) is 18.8 Å². The molecule has 0 saturated carbocycles. The van der Waals surface area contributed by atoms with Gasteiger partial charge in [-0.3, -0.25) is 4.79 Å². The van der Waals surface area contributed by atoms with Crippen molar-refractivity contribution in [3.8, 4) is 0 Å². The summed E-state index contributed by atoms with van der Waals surface area (Å²) >= 11 is 0. The largest absolute Gasteiger partial charge is 0.457 e. The molecule has 0 spiro atoms. The van der Waals surface area contributed by atoms with Crippen LogP contribution in [0.4, 0.5) is 0 Å². The molecule has 0 aliphatic carbocycles. The summed E-state index contributed by atoms with van der Waals surface area (Å²) in [4.78, 5) is 23.8. The van der Waals surface area contributed by atoms with Crippen LogP contribution in [-0.2, 0) is 25.7 Å². The summed E-state index contributed by atoms with van der Waals surface area (Å²) in [6.45, 7) is 0.150. The molecule has 0 radical (unpaired) electrons. The van der Waals surface area contributed by atoms with Crippen molar-refractivity contribution < 1.29 is 44.6 Å². The molecule has 6 N–H and O–H groups in total. The zero-order valence-electron chi connectivity index (χ0n) is 15.3. The fourth-order valence-corrected chi connectivity index (χ4v) is 2.97. The van der Waals surface area contributed by atoms with Crippen LogP contribution >= 0.6 is 0 Å². The highest BCUT2D eigenvalue weighted by Crippen LogP contribution is 2.31. The number of carbonyl (C=O) groups excluding carboxylic acids is 2. The predicted octanol–water partition coefficient (Wildman–Crippen LogP) is -2.21. The molecule has 1 aliphatic heterocycles. The maximum Gasteiger partial charge on any atom is 0.367 e. The van der Waals surface area contributed by atoms with E-state index in [0.29, 0.717) is 5.56 Å². The minimum atomic E-state index is -2.62. The summed E-state index contributed by atoms with van der Waals surface area (Å²) in [6.07, 6.45) is -7.24. The molecule has 10 nitrogen and oxygen atoms in total. The van der Waals surface area contributed by atoms with Crippen molar-refractivity contribution >= 4 is 11.9 Å². The first-order valence-electron chi connectivity index (χ1n) is 8.71. The molecule has 156 valence electrons. The van der Waals surface area contributed by atoms with E-state index in [4.69, 9.17) is 14.6 Å². The van der Waals surface area contributed by atoms with Gasteiger partial charge < -0.3 is 40.3 Å². The Kier molecular flexibility index (Phi) is 7.47. The molecule has 1 fully saturated rings. The van der Waals surface area contributed by atoms with Crippen molar-refractivity contribution in [2.75, 3.05) is 6.61 Å². The first-order valence-corrected chi connectivity index (χ1v) is 8.71. The third-order valence-electron chi connectivity index (χ3n) is 4.40. The van der Waals surface area contributed by atoms with Crippen LogP contribution in [0.5, 0.6) is 0 Å². The third-order valence-corrected chi connectivity index (χ3v) is 4.40. The van der Waals surface area contributed by atoms with E-state index in [2.05, 4.69) is 5.32 Å². The lowest BCUT2D eigenvalue weighted by molar-refractivity contribution is -0.297. The van der Waals surface area contributed by atoms with Gasteiger partial charge in [0.2, 0.25) is 5.91 Å². The maximum absolute atomic E-state index is 12.4.